The molecule has 0 bridgehead atoms. The lowest BCUT2D eigenvalue weighted by atomic mass is 9.94. The Morgan fingerprint density at radius 3 is 3.00 bits per heavy atom. The Morgan fingerprint density at radius 2 is 2.24 bits per heavy atom. The van der Waals surface area contributed by atoms with E-state index in [9.17, 15) is 0 Å². The summed E-state index contributed by atoms with van der Waals surface area (Å²) in [6.45, 7) is 4.69. The van der Waals surface area contributed by atoms with Gasteiger partial charge in [0.05, 0.1) is 11.5 Å². The van der Waals surface area contributed by atoms with E-state index in [0.717, 1.165) is 18.7 Å². The molecule has 1 aliphatic rings. The molecule has 1 aromatic rings. The van der Waals surface area contributed by atoms with Gasteiger partial charge in [0.25, 0.3) is 0 Å². The quantitative estimate of drug-likeness (QED) is 0.888. The fourth-order valence-electron chi connectivity index (χ4n) is 1.97. The summed E-state index contributed by atoms with van der Waals surface area (Å²) in [6.07, 6.45) is 1.14. The number of fused-ring (bicyclic) bond motifs is 1. The van der Waals surface area contributed by atoms with Crippen LogP contribution in [-0.2, 0) is 0 Å². The Labute approximate surface area is 107 Å². The molecule has 17 heavy (non-hydrogen) atoms. The Bertz CT molecular complexity index is 434. The minimum atomic E-state index is -0.292. The maximum atomic E-state index is 9.02. The maximum absolute atomic E-state index is 9.02. The summed E-state index contributed by atoms with van der Waals surface area (Å²) in [6, 6.07) is 11.3. The number of benzene rings is 1. The first-order valence-corrected chi connectivity index (χ1v) is 6.97. The molecule has 2 rings (SSSR count). The van der Waals surface area contributed by atoms with Crippen molar-refractivity contribution in [2.45, 2.75) is 31.2 Å². The average Bonchev–Trinajstić information content (AvgIpc) is 2.36. The van der Waals surface area contributed by atoms with E-state index in [0.29, 0.717) is 6.04 Å². The molecule has 0 amide bonds. The van der Waals surface area contributed by atoms with E-state index < -0.39 is 0 Å². The predicted octanol–water partition coefficient (Wildman–Crippen LogP) is 3.36. The fraction of sp³-hybridized carbons (Fsp3) is 0.500. The molecule has 0 spiro atoms. The van der Waals surface area contributed by atoms with Crippen molar-refractivity contribution in [1.82, 2.24) is 5.32 Å². The molecular weight excluding hydrogens is 228 g/mol. The predicted molar refractivity (Wildman–Crippen MR) is 71.9 cm³/mol. The Hall–Kier alpha value is -0.980. The molecule has 0 aliphatic carbocycles. The van der Waals surface area contributed by atoms with Crippen molar-refractivity contribution in [3.8, 4) is 6.07 Å². The maximum Gasteiger partial charge on any atom is 0.0697 e. The van der Waals surface area contributed by atoms with Gasteiger partial charge in [-0.3, -0.25) is 0 Å². The van der Waals surface area contributed by atoms with Crippen LogP contribution < -0.4 is 5.32 Å². The van der Waals surface area contributed by atoms with Crippen molar-refractivity contribution in [2.75, 3.05) is 12.3 Å². The van der Waals surface area contributed by atoms with Gasteiger partial charge in [-0.25, -0.2) is 0 Å². The molecule has 0 aromatic heterocycles. The van der Waals surface area contributed by atoms with Crippen molar-refractivity contribution in [1.29, 1.82) is 5.26 Å². The molecule has 1 atom stereocenters. The lowest BCUT2D eigenvalue weighted by Crippen LogP contribution is -2.33. The number of nitriles is 1. The van der Waals surface area contributed by atoms with Crippen LogP contribution in [0.2, 0.25) is 0 Å². The van der Waals surface area contributed by atoms with Crippen LogP contribution in [0.25, 0.3) is 0 Å². The first kappa shape index (κ1) is 12.5. The number of hydrogen-bond acceptors (Lipinski definition) is 3. The molecule has 0 radical (unpaired) electrons. The third-order valence-corrected chi connectivity index (χ3v) is 4.17. The van der Waals surface area contributed by atoms with Crippen LogP contribution in [0, 0.1) is 16.7 Å². The molecule has 1 aliphatic heterocycles. The van der Waals surface area contributed by atoms with Crippen LogP contribution in [-0.4, -0.2) is 12.3 Å². The molecule has 1 unspecified atom stereocenters. The highest BCUT2D eigenvalue weighted by Crippen LogP contribution is 2.36. The number of nitrogens with one attached hydrogen (secondary N) is 1. The van der Waals surface area contributed by atoms with Crippen molar-refractivity contribution < 1.29 is 0 Å². The van der Waals surface area contributed by atoms with Gasteiger partial charge in [-0.1, -0.05) is 18.2 Å². The molecule has 90 valence electrons. The highest BCUT2D eigenvalue weighted by Gasteiger charge is 2.23. The monoisotopic (exact) mass is 246 g/mol. The largest absolute Gasteiger partial charge is 0.308 e. The van der Waals surface area contributed by atoms with Gasteiger partial charge in [-0.05, 0) is 37.7 Å². The normalized spacial score (nSPS) is 19.5. The Kier molecular flexibility index (Phi) is 3.76. The molecule has 0 saturated heterocycles. The van der Waals surface area contributed by atoms with E-state index in [1.165, 1.54) is 10.5 Å². The summed E-state index contributed by atoms with van der Waals surface area (Å²) < 4.78 is 0. The van der Waals surface area contributed by atoms with Crippen molar-refractivity contribution in [2.24, 2.45) is 5.41 Å². The summed E-state index contributed by atoms with van der Waals surface area (Å²) in [5, 5.41) is 12.6. The second kappa shape index (κ2) is 5.12. The molecule has 0 fully saturated rings. The molecule has 1 heterocycles. The molecule has 3 heteroatoms. The minimum Gasteiger partial charge on any atom is -0.308 e. The lowest BCUT2D eigenvalue weighted by Gasteiger charge is -2.28. The highest BCUT2D eigenvalue weighted by molar-refractivity contribution is 7.99. The number of thioether (sulfide) groups is 1. The van der Waals surface area contributed by atoms with E-state index in [1.54, 1.807) is 0 Å². The van der Waals surface area contributed by atoms with E-state index in [1.807, 2.05) is 25.6 Å². The van der Waals surface area contributed by atoms with Crippen molar-refractivity contribution in [3.63, 3.8) is 0 Å². The summed E-state index contributed by atoms with van der Waals surface area (Å²) in [7, 11) is 0. The zero-order valence-corrected chi connectivity index (χ0v) is 11.2. The average molecular weight is 246 g/mol. The fourth-order valence-corrected chi connectivity index (χ4v) is 3.10. The van der Waals surface area contributed by atoms with Crippen LogP contribution in [0.4, 0.5) is 0 Å². The second-order valence-electron chi connectivity index (χ2n) is 5.10. The lowest BCUT2D eigenvalue weighted by molar-refractivity contribution is 0.395. The third kappa shape index (κ3) is 3.02. The molecule has 1 N–H and O–H groups in total. The van der Waals surface area contributed by atoms with Gasteiger partial charge in [0.2, 0.25) is 0 Å². The van der Waals surface area contributed by atoms with Gasteiger partial charge in [0, 0.05) is 17.5 Å². The van der Waals surface area contributed by atoms with E-state index >= 15 is 0 Å². The van der Waals surface area contributed by atoms with Crippen molar-refractivity contribution >= 4 is 11.8 Å². The summed E-state index contributed by atoms with van der Waals surface area (Å²) in [5.41, 5.74) is 1.09. The topological polar surface area (TPSA) is 35.8 Å². The van der Waals surface area contributed by atoms with Gasteiger partial charge in [-0.15, -0.1) is 11.8 Å². The summed E-state index contributed by atoms with van der Waals surface area (Å²) in [4.78, 5) is 1.38. The van der Waals surface area contributed by atoms with Crippen LogP contribution in [0.3, 0.4) is 0 Å². The smallest absolute Gasteiger partial charge is 0.0697 e. The molecule has 0 saturated carbocycles. The first-order chi connectivity index (χ1) is 8.12. The van der Waals surface area contributed by atoms with Crippen LogP contribution in [0.5, 0.6) is 0 Å². The van der Waals surface area contributed by atoms with Gasteiger partial charge in [0.15, 0.2) is 0 Å². The first-order valence-electron chi connectivity index (χ1n) is 5.99. The Balaban J connectivity index is 2.07. The van der Waals surface area contributed by atoms with Gasteiger partial charge >= 0.3 is 0 Å². The number of hydrogen-bond donors (Lipinski definition) is 1. The second-order valence-corrected chi connectivity index (χ2v) is 6.24. The highest BCUT2D eigenvalue weighted by atomic mass is 32.2. The summed E-state index contributed by atoms with van der Waals surface area (Å²) >= 11 is 1.93. The van der Waals surface area contributed by atoms with Gasteiger partial charge < -0.3 is 5.32 Å². The number of nitrogens with zero attached hydrogens (tertiary/aromatic N) is 1. The zero-order chi connectivity index (χ0) is 12.3. The molecular formula is C14H18N2S. The minimum absolute atomic E-state index is 0.292. The van der Waals surface area contributed by atoms with Crippen LogP contribution in [0.15, 0.2) is 29.2 Å². The summed E-state index contributed by atoms with van der Waals surface area (Å²) in [5.74, 6) is 1.15. The third-order valence-electron chi connectivity index (χ3n) is 3.05. The van der Waals surface area contributed by atoms with E-state index in [2.05, 4.69) is 35.7 Å². The van der Waals surface area contributed by atoms with E-state index in [-0.39, 0.29) is 5.41 Å². The standard InChI is InChI=1S/C14H18N2S/c1-14(2,9-15)10-16-12-7-8-17-13-6-4-3-5-11(12)13/h3-6,12,16H,7-8,10H2,1-2H3. The van der Waals surface area contributed by atoms with Crippen molar-refractivity contribution in [3.05, 3.63) is 29.8 Å². The van der Waals surface area contributed by atoms with Gasteiger partial charge in [-0.2, -0.15) is 5.26 Å². The van der Waals surface area contributed by atoms with E-state index in [4.69, 9.17) is 5.26 Å². The molecule has 1 aromatic carbocycles. The SMILES string of the molecule is CC(C)(C#N)CNC1CCSc2ccccc21. The number of rotatable bonds is 3. The zero-order valence-electron chi connectivity index (χ0n) is 10.4. The molecule has 2 nitrogen and oxygen atoms in total. The van der Waals surface area contributed by atoms with Gasteiger partial charge in [0.1, 0.15) is 0 Å². The van der Waals surface area contributed by atoms with Crippen LogP contribution in [0.1, 0.15) is 31.9 Å². The van der Waals surface area contributed by atoms with Crippen LogP contribution >= 0.6 is 11.8 Å². The Morgan fingerprint density at radius 1 is 1.47 bits per heavy atom.